The van der Waals surface area contributed by atoms with Gasteiger partial charge in [-0.3, -0.25) is 4.79 Å². The van der Waals surface area contributed by atoms with Crippen molar-refractivity contribution in [3.05, 3.63) is 61.4 Å². The summed E-state index contributed by atoms with van der Waals surface area (Å²) in [4.78, 5) is 11.9. The smallest absolute Gasteiger partial charge is 0.261 e. The molecule has 2 aromatic carbocycles. The van der Waals surface area contributed by atoms with Crippen LogP contribution in [0.4, 0.5) is 18.9 Å². The van der Waals surface area contributed by atoms with Crippen LogP contribution in [0.5, 0.6) is 0 Å². The zero-order valence-electron chi connectivity index (χ0n) is 9.68. The Morgan fingerprint density at radius 2 is 1.70 bits per heavy atom. The number of amides is 1. The first-order chi connectivity index (χ1) is 9.38. The fraction of sp³-hybridized carbons (Fsp3) is 0. The van der Waals surface area contributed by atoms with Crippen LogP contribution in [0.15, 0.2) is 34.8 Å². The Labute approximate surface area is 134 Å². The van der Waals surface area contributed by atoms with Gasteiger partial charge in [0.15, 0.2) is 0 Å². The molecule has 2 rings (SSSR count). The maximum Gasteiger partial charge on any atom is 0.261 e. The van der Waals surface area contributed by atoms with E-state index in [0.29, 0.717) is 3.57 Å². The molecule has 7 heteroatoms. The van der Waals surface area contributed by atoms with Gasteiger partial charge < -0.3 is 5.32 Å². The maximum absolute atomic E-state index is 13.6. The van der Waals surface area contributed by atoms with E-state index < -0.39 is 28.9 Å². The van der Waals surface area contributed by atoms with E-state index in [1.54, 1.807) is 0 Å². The number of hydrogen-bond acceptors (Lipinski definition) is 1. The molecule has 0 bridgehead atoms. The van der Waals surface area contributed by atoms with E-state index in [1.165, 1.54) is 12.1 Å². The summed E-state index contributed by atoms with van der Waals surface area (Å²) in [5, 5.41) is 2.35. The molecule has 1 amide bonds. The van der Waals surface area contributed by atoms with Crippen LogP contribution in [0.25, 0.3) is 0 Å². The molecule has 0 aliphatic rings. The molecule has 0 spiro atoms. The Bertz CT molecular complexity index is 670. The summed E-state index contributed by atoms with van der Waals surface area (Å²) in [5.74, 6) is -3.36. The fourth-order valence-corrected chi connectivity index (χ4v) is 2.55. The lowest BCUT2D eigenvalue weighted by molar-refractivity contribution is 0.101. The standard InChI is InChI=1S/C13H6BrF3INO/c14-6-3-8(16)12(9(17)4-6)13(20)19-11-2-1-7(15)5-10(11)18/h1-5H,(H,19,20). The lowest BCUT2D eigenvalue weighted by atomic mass is 10.1. The molecule has 0 aliphatic carbocycles. The van der Waals surface area contributed by atoms with E-state index >= 15 is 0 Å². The van der Waals surface area contributed by atoms with Gasteiger partial charge in [-0.15, -0.1) is 0 Å². The van der Waals surface area contributed by atoms with Crippen molar-refractivity contribution in [1.82, 2.24) is 0 Å². The molecular weight excluding hydrogens is 450 g/mol. The van der Waals surface area contributed by atoms with Crippen molar-refractivity contribution in [3.63, 3.8) is 0 Å². The highest BCUT2D eigenvalue weighted by Crippen LogP contribution is 2.23. The van der Waals surface area contributed by atoms with Crippen LogP contribution < -0.4 is 5.32 Å². The first kappa shape index (κ1) is 15.3. The van der Waals surface area contributed by atoms with Crippen molar-refractivity contribution in [2.45, 2.75) is 0 Å². The van der Waals surface area contributed by atoms with Crippen molar-refractivity contribution >= 4 is 50.1 Å². The first-order valence-corrected chi connectivity index (χ1v) is 7.16. The number of anilines is 1. The average Bonchev–Trinajstić information content (AvgIpc) is 2.31. The zero-order valence-corrected chi connectivity index (χ0v) is 13.4. The second-order valence-electron chi connectivity index (χ2n) is 3.82. The fourth-order valence-electron chi connectivity index (χ4n) is 1.53. The highest BCUT2D eigenvalue weighted by atomic mass is 127. The molecule has 0 saturated carbocycles. The van der Waals surface area contributed by atoms with Gasteiger partial charge in [0.2, 0.25) is 0 Å². The Morgan fingerprint density at radius 1 is 1.10 bits per heavy atom. The van der Waals surface area contributed by atoms with E-state index in [-0.39, 0.29) is 10.2 Å². The number of carbonyl (C=O) groups is 1. The molecule has 0 aliphatic heterocycles. The van der Waals surface area contributed by atoms with E-state index in [9.17, 15) is 18.0 Å². The summed E-state index contributed by atoms with van der Waals surface area (Å²) in [6.07, 6.45) is 0. The summed E-state index contributed by atoms with van der Waals surface area (Å²) >= 11 is 4.74. The van der Waals surface area contributed by atoms with Crippen molar-refractivity contribution < 1.29 is 18.0 Å². The van der Waals surface area contributed by atoms with Gasteiger partial charge in [0.25, 0.3) is 5.91 Å². The Balaban J connectivity index is 2.33. The minimum absolute atomic E-state index is 0.195. The van der Waals surface area contributed by atoms with Crippen molar-refractivity contribution in [2.24, 2.45) is 0 Å². The molecule has 20 heavy (non-hydrogen) atoms. The van der Waals surface area contributed by atoms with E-state index in [4.69, 9.17) is 0 Å². The third-order valence-electron chi connectivity index (χ3n) is 2.41. The largest absolute Gasteiger partial charge is 0.321 e. The van der Waals surface area contributed by atoms with Crippen molar-refractivity contribution in [1.29, 1.82) is 0 Å². The van der Waals surface area contributed by atoms with Gasteiger partial charge in [-0.2, -0.15) is 0 Å². The van der Waals surface area contributed by atoms with Gasteiger partial charge in [0.05, 0.1) is 5.69 Å². The lowest BCUT2D eigenvalue weighted by Crippen LogP contribution is -2.16. The van der Waals surface area contributed by atoms with Crippen molar-refractivity contribution in [2.75, 3.05) is 5.32 Å². The molecule has 104 valence electrons. The van der Waals surface area contributed by atoms with Gasteiger partial charge in [0, 0.05) is 8.04 Å². The Morgan fingerprint density at radius 3 is 2.25 bits per heavy atom. The topological polar surface area (TPSA) is 29.1 Å². The van der Waals surface area contributed by atoms with Crippen LogP contribution in [0.1, 0.15) is 10.4 Å². The van der Waals surface area contributed by atoms with Crippen LogP contribution in [0, 0.1) is 21.0 Å². The number of halogens is 5. The SMILES string of the molecule is O=C(Nc1ccc(F)cc1I)c1c(F)cc(Br)cc1F. The molecular formula is C13H6BrF3INO. The van der Waals surface area contributed by atoms with Crippen LogP contribution >= 0.6 is 38.5 Å². The van der Waals surface area contributed by atoms with Gasteiger partial charge in [-0.25, -0.2) is 13.2 Å². The Kier molecular flexibility index (Phi) is 4.69. The molecule has 0 fully saturated rings. The monoisotopic (exact) mass is 455 g/mol. The van der Waals surface area contributed by atoms with Crippen LogP contribution in [0.3, 0.4) is 0 Å². The van der Waals surface area contributed by atoms with Gasteiger partial charge in [-0.05, 0) is 52.9 Å². The van der Waals surface area contributed by atoms with Crippen LogP contribution in [-0.4, -0.2) is 5.91 Å². The Hall–Kier alpha value is -1.09. The zero-order chi connectivity index (χ0) is 14.9. The molecule has 0 atom stereocenters. The maximum atomic E-state index is 13.6. The number of nitrogens with one attached hydrogen (secondary N) is 1. The molecule has 0 saturated heterocycles. The van der Waals surface area contributed by atoms with E-state index in [2.05, 4.69) is 21.2 Å². The molecule has 0 heterocycles. The highest BCUT2D eigenvalue weighted by Gasteiger charge is 2.19. The summed E-state index contributed by atoms with van der Waals surface area (Å²) in [6, 6.07) is 5.65. The second-order valence-corrected chi connectivity index (χ2v) is 5.90. The summed E-state index contributed by atoms with van der Waals surface area (Å²) < 4.78 is 40.8. The third-order valence-corrected chi connectivity index (χ3v) is 3.76. The summed E-state index contributed by atoms with van der Waals surface area (Å²) in [7, 11) is 0. The van der Waals surface area contributed by atoms with E-state index in [0.717, 1.165) is 18.2 Å². The van der Waals surface area contributed by atoms with E-state index in [1.807, 2.05) is 22.6 Å². The molecule has 0 radical (unpaired) electrons. The van der Waals surface area contributed by atoms with Gasteiger partial charge >= 0.3 is 0 Å². The number of hydrogen-bond donors (Lipinski definition) is 1. The first-order valence-electron chi connectivity index (χ1n) is 5.29. The minimum Gasteiger partial charge on any atom is -0.321 e. The lowest BCUT2D eigenvalue weighted by Gasteiger charge is -2.09. The quantitative estimate of drug-likeness (QED) is 0.652. The molecule has 0 unspecified atom stereocenters. The highest BCUT2D eigenvalue weighted by molar-refractivity contribution is 14.1. The molecule has 2 nitrogen and oxygen atoms in total. The normalized spacial score (nSPS) is 10.4. The van der Waals surface area contributed by atoms with Crippen molar-refractivity contribution in [3.8, 4) is 0 Å². The molecule has 1 N–H and O–H groups in total. The molecule has 0 aromatic heterocycles. The summed E-state index contributed by atoms with van der Waals surface area (Å²) in [5.41, 5.74) is -0.410. The van der Waals surface area contributed by atoms with Crippen LogP contribution in [-0.2, 0) is 0 Å². The predicted molar refractivity (Wildman–Crippen MR) is 81.1 cm³/mol. The average molecular weight is 456 g/mol. The predicted octanol–water partition coefficient (Wildman–Crippen LogP) is 4.72. The number of rotatable bonds is 2. The second kappa shape index (κ2) is 6.13. The number of carbonyl (C=O) groups excluding carboxylic acids is 1. The third kappa shape index (κ3) is 3.32. The van der Waals surface area contributed by atoms with Crippen LogP contribution in [0.2, 0.25) is 0 Å². The number of benzene rings is 2. The summed E-state index contributed by atoms with van der Waals surface area (Å²) in [6.45, 7) is 0. The minimum atomic E-state index is -0.980. The van der Waals surface area contributed by atoms with Gasteiger partial charge in [-0.1, -0.05) is 15.9 Å². The van der Waals surface area contributed by atoms with Gasteiger partial charge in [0.1, 0.15) is 23.0 Å². The molecule has 2 aromatic rings.